The molecule has 0 aromatic carbocycles. The molecule has 3 aromatic rings. The molecular weight excluding hydrogens is 349 g/mol. The number of aliphatic hydroxyl groups is 1. The third-order valence-electron chi connectivity index (χ3n) is 5.10. The summed E-state index contributed by atoms with van der Waals surface area (Å²) in [7, 11) is 0. The molecule has 1 aliphatic heterocycles. The van der Waals surface area contributed by atoms with Crippen molar-refractivity contribution in [1.29, 1.82) is 5.26 Å². The van der Waals surface area contributed by atoms with E-state index in [-0.39, 0.29) is 18.9 Å². The van der Waals surface area contributed by atoms with Crippen LogP contribution in [0.3, 0.4) is 0 Å². The lowest BCUT2D eigenvalue weighted by molar-refractivity contribution is 0.00368. The van der Waals surface area contributed by atoms with Crippen LogP contribution in [-0.4, -0.2) is 60.6 Å². The van der Waals surface area contributed by atoms with Gasteiger partial charge in [-0.15, -0.1) is 0 Å². The van der Waals surface area contributed by atoms with Gasteiger partial charge in [0.15, 0.2) is 0 Å². The highest BCUT2D eigenvalue weighted by Gasteiger charge is 2.45. The topological polar surface area (TPSA) is 95.8 Å². The standard InChI is InChI=1S/C18H20FN7O/c19-4-1-6-24-10-18(11-24,3-5-20)26-9-14(8-23-26)16-15-2-7-25(13-27)17(15)22-12-21-16/h2,7-9,12,27H,1,3-4,6,10-11,13H2. The number of hydrogen-bond acceptors (Lipinski definition) is 6. The van der Waals surface area contributed by atoms with Gasteiger partial charge >= 0.3 is 0 Å². The number of nitrogens with zero attached hydrogens (tertiary/aromatic N) is 7. The largest absolute Gasteiger partial charge is 0.376 e. The molecule has 0 spiro atoms. The molecule has 0 amide bonds. The van der Waals surface area contributed by atoms with E-state index in [1.165, 1.54) is 6.33 Å². The van der Waals surface area contributed by atoms with Crippen LogP contribution in [0.5, 0.6) is 0 Å². The summed E-state index contributed by atoms with van der Waals surface area (Å²) in [4.78, 5) is 10.8. The second kappa shape index (κ2) is 7.06. The van der Waals surface area contributed by atoms with Gasteiger partial charge in [-0.25, -0.2) is 9.97 Å². The van der Waals surface area contributed by atoms with E-state index >= 15 is 0 Å². The minimum atomic E-state index is -0.382. The Morgan fingerprint density at radius 2 is 2.19 bits per heavy atom. The quantitative estimate of drug-likeness (QED) is 0.679. The molecule has 4 heterocycles. The molecule has 0 saturated carbocycles. The lowest BCUT2D eigenvalue weighted by Crippen LogP contribution is -2.62. The van der Waals surface area contributed by atoms with Gasteiger partial charge in [-0.3, -0.25) is 14.0 Å². The first-order valence-electron chi connectivity index (χ1n) is 8.82. The third kappa shape index (κ3) is 2.97. The van der Waals surface area contributed by atoms with E-state index < -0.39 is 0 Å². The zero-order valence-electron chi connectivity index (χ0n) is 14.8. The van der Waals surface area contributed by atoms with Gasteiger partial charge in [-0.1, -0.05) is 0 Å². The Morgan fingerprint density at radius 1 is 1.33 bits per heavy atom. The summed E-state index contributed by atoms with van der Waals surface area (Å²) < 4.78 is 15.9. The van der Waals surface area contributed by atoms with Crippen molar-refractivity contribution in [3.8, 4) is 17.3 Å². The van der Waals surface area contributed by atoms with Crippen LogP contribution >= 0.6 is 0 Å². The molecule has 3 aromatic heterocycles. The Labute approximate surface area is 155 Å². The minimum absolute atomic E-state index is 0.154. The van der Waals surface area contributed by atoms with Crippen molar-refractivity contribution in [2.45, 2.75) is 25.1 Å². The van der Waals surface area contributed by atoms with Crippen molar-refractivity contribution in [2.24, 2.45) is 0 Å². The van der Waals surface area contributed by atoms with Gasteiger partial charge < -0.3 is 9.67 Å². The summed E-state index contributed by atoms with van der Waals surface area (Å²) in [5.41, 5.74) is 1.84. The van der Waals surface area contributed by atoms with Crippen LogP contribution in [0.25, 0.3) is 22.3 Å². The molecule has 0 atom stereocenters. The summed E-state index contributed by atoms with van der Waals surface area (Å²) in [6, 6.07) is 4.12. The maximum Gasteiger partial charge on any atom is 0.145 e. The van der Waals surface area contributed by atoms with Gasteiger partial charge in [0.25, 0.3) is 0 Å². The molecule has 0 bridgehead atoms. The van der Waals surface area contributed by atoms with Crippen molar-refractivity contribution in [3.63, 3.8) is 0 Å². The summed E-state index contributed by atoms with van der Waals surface area (Å²) in [5.74, 6) is 0. The highest BCUT2D eigenvalue weighted by molar-refractivity contribution is 5.90. The van der Waals surface area contributed by atoms with E-state index in [1.807, 2.05) is 16.9 Å². The zero-order valence-corrected chi connectivity index (χ0v) is 14.8. The van der Waals surface area contributed by atoms with E-state index in [9.17, 15) is 14.8 Å². The number of fused-ring (bicyclic) bond motifs is 1. The molecule has 1 saturated heterocycles. The smallest absolute Gasteiger partial charge is 0.145 e. The van der Waals surface area contributed by atoms with Gasteiger partial charge in [-0.05, 0) is 12.5 Å². The van der Waals surface area contributed by atoms with Gasteiger partial charge in [0, 0.05) is 43.0 Å². The monoisotopic (exact) mass is 369 g/mol. The number of alkyl halides is 1. The lowest BCUT2D eigenvalue weighted by atomic mass is 9.86. The van der Waals surface area contributed by atoms with E-state index in [1.54, 1.807) is 17.0 Å². The summed E-state index contributed by atoms with van der Waals surface area (Å²) >= 11 is 0. The van der Waals surface area contributed by atoms with Gasteiger partial charge in [0.2, 0.25) is 0 Å². The predicted octanol–water partition coefficient (Wildman–Crippen LogP) is 1.53. The first-order valence-corrected chi connectivity index (χ1v) is 8.82. The summed E-state index contributed by atoms with van der Waals surface area (Å²) in [5, 5.41) is 24.0. The highest BCUT2D eigenvalue weighted by Crippen LogP contribution is 2.34. The molecule has 140 valence electrons. The van der Waals surface area contributed by atoms with E-state index in [4.69, 9.17) is 0 Å². The fourth-order valence-electron chi connectivity index (χ4n) is 3.76. The van der Waals surface area contributed by atoms with Crippen LogP contribution in [0, 0.1) is 11.3 Å². The van der Waals surface area contributed by atoms with E-state index in [2.05, 4.69) is 26.0 Å². The van der Waals surface area contributed by atoms with Gasteiger partial charge in [0.05, 0.1) is 31.1 Å². The van der Waals surface area contributed by atoms with Crippen molar-refractivity contribution in [1.82, 2.24) is 29.2 Å². The number of aromatic nitrogens is 5. The predicted molar refractivity (Wildman–Crippen MR) is 96.2 cm³/mol. The number of hydrogen-bond donors (Lipinski definition) is 1. The number of nitriles is 1. The zero-order chi connectivity index (χ0) is 18.9. The van der Waals surface area contributed by atoms with Gasteiger partial charge in [-0.2, -0.15) is 10.4 Å². The molecule has 0 radical (unpaired) electrons. The van der Waals surface area contributed by atoms with Crippen LogP contribution in [0.1, 0.15) is 12.8 Å². The SMILES string of the molecule is N#CCC1(n2cc(-c3ncnc4c3ccn4CO)cn2)CN(CCCF)C1. The van der Waals surface area contributed by atoms with E-state index in [0.717, 1.165) is 16.6 Å². The van der Waals surface area contributed by atoms with Crippen molar-refractivity contribution < 1.29 is 9.50 Å². The second-order valence-electron chi connectivity index (χ2n) is 6.87. The maximum atomic E-state index is 12.4. The average Bonchev–Trinajstić information content (AvgIpc) is 3.30. The van der Waals surface area contributed by atoms with Crippen molar-refractivity contribution in [3.05, 3.63) is 31.0 Å². The molecule has 8 nitrogen and oxygen atoms in total. The molecule has 0 aliphatic carbocycles. The number of halogens is 1. The fraction of sp³-hybridized carbons (Fsp3) is 0.444. The minimum Gasteiger partial charge on any atom is -0.376 e. The van der Waals surface area contributed by atoms with Crippen LogP contribution in [0.15, 0.2) is 31.0 Å². The summed E-state index contributed by atoms with van der Waals surface area (Å²) in [6.07, 6.45) is 7.73. The highest BCUT2D eigenvalue weighted by atomic mass is 19.1. The van der Waals surface area contributed by atoms with Crippen molar-refractivity contribution in [2.75, 3.05) is 26.3 Å². The second-order valence-corrected chi connectivity index (χ2v) is 6.87. The van der Waals surface area contributed by atoms with Crippen LogP contribution in [0.4, 0.5) is 4.39 Å². The Kier molecular flexibility index (Phi) is 4.59. The molecular formula is C18H20FN7O. The van der Waals surface area contributed by atoms with Crippen LogP contribution in [-0.2, 0) is 12.3 Å². The molecule has 27 heavy (non-hydrogen) atoms. The fourth-order valence-corrected chi connectivity index (χ4v) is 3.76. The molecule has 4 rings (SSSR count). The summed E-state index contributed by atoms with van der Waals surface area (Å²) in [6.45, 7) is 1.58. The molecule has 1 fully saturated rings. The van der Waals surface area contributed by atoms with E-state index in [0.29, 0.717) is 38.1 Å². The van der Waals surface area contributed by atoms with Crippen LogP contribution < -0.4 is 0 Å². The Bertz CT molecular complexity index is 983. The molecule has 1 N–H and O–H groups in total. The molecule has 0 unspecified atom stereocenters. The molecule has 1 aliphatic rings. The lowest BCUT2D eigenvalue weighted by Gasteiger charge is -2.49. The number of rotatable bonds is 7. The first-order chi connectivity index (χ1) is 13.2. The first kappa shape index (κ1) is 17.6. The van der Waals surface area contributed by atoms with Crippen molar-refractivity contribution >= 4 is 11.0 Å². The Hall–Kier alpha value is -2.83. The average molecular weight is 369 g/mol. The van der Waals surface area contributed by atoms with Gasteiger partial charge in [0.1, 0.15) is 24.2 Å². The Balaban J connectivity index is 1.64. The van der Waals surface area contributed by atoms with Crippen LogP contribution in [0.2, 0.25) is 0 Å². The number of aliphatic hydroxyl groups excluding tert-OH is 1. The normalized spacial score (nSPS) is 16.3. The Morgan fingerprint density at radius 3 is 2.93 bits per heavy atom. The molecule has 9 heteroatoms. The third-order valence-corrected chi connectivity index (χ3v) is 5.10. The maximum absolute atomic E-state index is 12.4. The number of likely N-dealkylation sites (tertiary alicyclic amines) is 1.